The molecule has 4 rings (SSSR count). The minimum absolute atomic E-state index is 0.147. The van der Waals surface area contributed by atoms with Gasteiger partial charge in [-0.2, -0.15) is 5.26 Å². The summed E-state index contributed by atoms with van der Waals surface area (Å²) in [7, 11) is 1.60. The minimum Gasteiger partial charge on any atom is -0.496 e. The first-order chi connectivity index (χ1) is 12.7. The number of pyridine rings is 1. The first-order valence-corrected chi connectivity index (χ1v) is 7.96. The predicted molar refractivity (Wildman–Crippen MR) is 96.9 cm³/mol. The van der Waals surface area contributed by atoms with Crippen LogP contribution in [0.25, 0.3) is 22.4 Å². The van der Waals surface area contributed by atoms with Gasteiger partial charge in [0.05, 0.1) is 12.8 Å². The second kappa shape index (κ2) is 6.30. The summed E-state index contributed by atoms with van der Waals surface area (Å²) in [6.45, 7) is 0.147. The number of methoxy groups -OCH3 is 1. The van der Waals surface area contributed by atoms with Crippen molar-refractivity contribution in [1.29, 1.82) is 5.26 Å². The summed E-state index contributed by atoms with van der Waals surface area (Å²) < 4.78 is 16.5. The Balaban J connectivity index is 1.97. The molecule has 0 aliphatic carbocycles. The smallest absolute Gasteiger partial charge is 0.231 e. The molecule has 1 aliphatic heterocycles. The fourth-order valence-corrected chi connectivity index (χ4v) is 3.03. The zero-order valence-electron chi connectivity index (χ0n) is 14.0. The first-order valence-electron chi connectivity index (χ1n) is 7.96. The summed E-state index contributed by atoms with van der Waals surface area (Å²) in [4.78, 5) is 4.41. The zero-order chi connectivity index (χ0) is 18.1. The Hall–Kier alpha value is -3.72. The van der Waals surface area contributed by atoms with Crippen molar-refractivity contribution in [2.24, 2.45) is 0 Å². The Bertz CT molecular complexity index is 1040. The van der Waals surface area contributed by atoms with E-state index in [9.17, 15) is 5.26 Å². The fourth-order valence-electron chi connectivity index (χ4n) is 3.03. The molecule has 1 aromatic heterocycles. The van der Waals surface area contributed by atoms with Gasteiger partial charge < -0.3 is 19.9 Å². The average Bonchev–Trinajstić information content (AvgIpc) is 3.16. The predicted octanol–water partition coefficient (Wildman–Crippen LogP) is 3.61. The van der Waals surface area contributed by atoms with Crippen molar-refractivity contribution in [1.82, 2.24) is 4.98 Å². The van der Waals surface area contributed by atoms with Crippen LogP contribution < -0.4 is 19.9 Å². The summed E-state index contributed by atoms with van der Waals surface area (Å²) in [6.07, 6.45) is 0. The van der Waals surface area contributed by atoms with Crippen LogP contribution in [0.1, 0.15) is 5.56 Å². The Labute approximate surface area is 150 Å². The number of nitriles is 1. The van der Waals surface area contributed by atoms with Crippen LogP contribution in [0.3, 0.4) is 0 Å². The van der Waals surface area contributed by atoms with Crippen molar-refractivity contribution < 1.29 is 14.2 Å². The third-order valence-electron chi connectivity index (χ3n) is 4.23. The van der Waals surface area contributed by atoms with Crippen LogP contribution in [0.4, 0.5) is 5.82 Å². The van der Waals surface area contributed by atoms with Crippen LogP contribution in [0.5, 0.6) is 17.2 Å². The molecule has 2 aromatic carbocycles. The van der Waals surface area contributed by atoms with Crippen LogP contribution in [0.15, 0.2) is 48.5 Å². The number of para-hydroxylation sites is 2. The maximum atomic E-state index is 9.60. The van der Waals surface area contributed by atoms with E-state index in [2.05, 4.69) is 11.1 Å². The molecule has 0 saturated heterocycles. The Morgan fingerprint density at radius 1 is 1.08 bits per heavy atom. The number of fused-ring (bicyclic) bond motifs is 1. The molecule has 0 radical (unpaired) electrons. The van der Waals surface area contributed by atoms with Crippen molar-refractivity contribution in [3.05, 3.63) is 54.1 Å². The number of hydrogen-bond donors (Lipinski definition) is 1. The van der Waals surface area contributed by atoms with E-state index in [0.717, 1.165) is 11.1 Å². The number of anilines is 1. The molecule has 6 nitrogen and oxygen atoms in total. The van der Waals surface area contributed by atoms with Crippen molar-refractivity contribution in [3.8, 4) is 45.7 Å². The third kappa shape index (κ3) is 2.47. The van der Waals surface area contributed by atoms with E-state index >= 15 is 0 Å². The van der Waals surface area contributed by atoms with Crippen molar-refractivity contribution in [2.45, 2.75) is 0 Å². The van der Waals surface area contributed by atoms with E-state index in [0.29, 0.717) is 34.1 Å². The average molecular weight is 345 g/mol. The number of ether oxygens (including phenoxy) is 3. The Kier molecular flexibility index (Phi) is 3.82. The number of nitrogens with two attached hydrogens (primary N) is 1. The lowest BCUT2D eigenvalue weighted by Gasteiger charge is -2.13. The zero-order valence-corrected chi connectivity index (χ0v) is 14.0. The molecule has 26 heavy (non-hydrogen) atoms. The quantitative estimate of drug-likeness (QED) is 0.780. The van der Waals surface area contributed by atoms with E-state index in [1.807, 2.05) is 48.5 Å². The lowest BCUT2D eigenvalue weighted by molar-refractivity contribution is 0.174. The molecule has 0 saturated carbocycles. The number of aromatic nitrogens is 1. The van der Waals surface area contributed by atoms with Gasteiger partial charge in [0.1, 0.15) is 23.2 Å². The molecule has 0 atom stereocenters. The van der Waals surface area contributed by atoms with Crippen LogP contribution >= 0.6 is 0 Å². The molecular weight excluding hydrogens is 330 g/mol. The van der Waals surface area contributed by atoms with E-state index in [4.69, 9.17) is 19.9 Å². The molecule has 0 spiro atoms. The second-order valence-corrected chi connectivity index (χ2v) is 5.67. The molecule has 2 N–H and O–H groups in total. The van der Waals surface area contributed by atoms with Crippen LogP contribution in [-0.4, -0.2) is 18.9 Å². The monoisotopic (exact) mass is 345 g/mol. The van der Waals surface area contributed by atoms with Crippen LogP contribution in [-0.2, 0) is 0 Å². The first kappa shape index (κ1) is 15.8. The number of benzene rings is 2. The summed E-state index contributed by atoms with van der Waals surface area (Å²) in [5.74, 6) is 2.07. The fraction of sp³-hybridized carbons (Fsp3) is 0.100. The Morgan fingerprint density at radius 3 is 2.69 bits per heavy atom. The summed E-state index contributed by atoms with van der Waals surface area (Å²) in [5, 5.41) is 9.60. The maximum Gasteiger partial charge on any atom is 0.231 e. The highest BCUT2D eigenvalue weighted by atomic mass is 16.7. The molecular formula is C20H15N3O3. The molecule has 0 unspecified atom stereocenters. The van der Waals surface area contributed by atoms with E-state index < -0.39 is 0 Å². The molecule has 6 heteroatoms. The highest BCUT2D eigenvalue weighted by Crippen LogP contribution is 2.44. The largest absolute Gasteiger partial charge is 0.496 e. The number of rotatable bonds is 3. The lowest BCUT2D eigenvalue weighted by atomic mass is 9.97. The molecule has 3 aromatic rings. The van der Waals surface area contributed by atoms with Gasteiger partial charge in [-0.05, 0) is 24.3 Å². The summed E-state index contributed by atoms with van der Waals surface area (Å²) in [5.41, 5.74) is 9.18. The van der Waals surface area contributed by atoms with Gasteiger partial charge in [-0.1, -0.05) is 24.3 Å². The van der Waals surface area contributed by atoms with Gasteiger partial charge in [-0.15, -0.1) is 0 Å². The molecule has 2 heterocycles. The van der Waals surface area contributed by atoms with Crippen molar-refractivity contribution in [2.75, 3.05) is 19.6 Å². The van der Waals surface area contributed by atoms with E-state index in [1.165, 1.54) is 0 Å². The second-order valence-electron chi connectivity index (χ2n) is 5.67. The van der Waals surface area contributed by atoms with Gasteiger partial charge in [-0.3, -0.25) is 0 Å². The topological polar surface area (TPSA) is 90.4 Å². The van der Waals surface area contributed by atoms with E-state index in [1.54, 1.807) is 7.11 Å². The lowest BCUT2D eigenvalue weighted by Crippen LogP contribution is -2.01. The van der Waals surface area contributed by atoms with Gasteiger partial charge in [-0.25, -0.2) is 4.98 Å². The number of nitrogen functional groups attached to an aromatic ring is 1. The van der Waals surface area contributed by atoms with Gasteiger partial charge in [0.2, 0.25) is 6.79 Å². The van der Waals surface area contributed by atoms with Gasteiger partial charge in [0.15, 0.2) is 11.5 Å². The molecule has 1 aliphatic rings. The minimum atomic E-state index is 0.147. The number of nitrogens with zero attached hydrogens (tertiary/aromatic N) is 2. The highest BCUT2D eigenvalue weighted by Gasteiger charge is 2.23. The number of hydrogen-bond acceptors (Lipinski definition) is 6. The van der Waals surface area contributed by atoms with Gasteiger partial charge in [0, 0.05) is 16.7 Å². The molecule has 0 amide bonds. The highest BCUT2D eigenvalue weighted by molar-refractivity contribution is 5.85. The van der Waals surface area contributed by atoms with Crippen molar-refractivity contribution >= 4 is 5.82 Å². The van der Waals surface area contributed by atoms with Crippen molar-refractivity contribution in [3.63, 3.8) is 0 Å². The Morgan fingerprint density at radius 2 is 1.88 bits per heavy atom. The molecule has 0 fully saturated rings. The summed E-state index contributed by atoms with van der Waals surface area (Å²) >= 11 is 0. The van der Waals surface area contributed by atoms with Gasteiger partial charge in [0.25, 0.3) is 0 Å². The normalized spacial score (nSPS) is 11.8. The third-order valence-corrected chi connectivity index (χ3v) is 4.23. The maximum absolute atomic E-state index is 9.60. The SMILES string of the molecule is COc1ccccc1-c1cc(-c2cccc3c2OCO3)c(C#N)c(N)n1. The molecule has 128 valence electrons. The van der Waals surface area contributed by atoms with Gasteiger partial charge >= 0.3 is 0 Å². The van der Waals surface area contributed by atoms with Crippen LogP contribution in [0.2, 0.25) is 0 Å². The van der Waals surface area contributed by atoms with E-state index in [-0.39, 0.29) is 12.6 Å². The summed E-state index contributed by atoms with van der Waals surface area (Å²) in [6, 6.07) is 17.0. The van der Waals surface area contributed by atoms with Crippen LogP contribution in [0, 0.1) is 11.3 Å². The molecule has 0 bridgehead atoms. The standard InChI is InChI=1S/C20H15N3O3/c1-24-17-7-3-2-5-13(17)16-9-14(15(10-21)20(22)23-16)12-6-4-8-18-19(12)26-11-25-18/h2-9H,11H2,1H3,(H2,22,23).